The smallest absolute Gasteiger partial charge is 0.163 e. The molecular formula is C37H50N4O6. The van der Waals surface area contributed by atoms with E-state index < -0.39 is 18.4 Å². The molecule has 0 bridgehead atoms. The predicted molar refractivity (Wildman–Crippen MR) is 182 cm³/mol. The van der Waals surface area contributed by atoms with E-state index in [1.54, 1.807) is 18.2 Å². The molecule has 0 unspecified atom stereocenters. The number of ketones is 1. The van der Waals surface area contributed by atoms with Crippen molar-refractivity contribution in [3.05, 3.63) is 82.2 Å². The number of allylic oxidation sites excluding steroid dienone is 1. The fourth-order valence-corrected chi connectivity index (χ4v) is 7.38. The maximum Gasteiger partial charge on any atom is 0.163 e. The monoisotopic (exact) mass is 646 g/mol. The molecule has 0 aromatic heterocycles. The Balaban J connectivity index is 1.24. The quantitative estimate of drug-likeness (QED) is 0.138. The van der Waals surface area contributed by atoms with E-state index >= 15 is 0 Å². The predicted octanol–water partition coefficient (Wildman–Crippen LogP) is 4.11. The number of carbonyl (C=O) groups is 1. The third-order valence-electron chi connectivity index (χ3n) is 9.86. The van der Waals surface area contributed by atoms with Crippen LogP contribution in [-0.2, 0) is 16.6 Å². The van der Waals surface area contributed by atoms with Gasteiger partial charge in [-0.15, -0.1) is 0 Å². The van der Waals surface area contributed by atoms with Crippen LogP contribution in [0.2, 0.25) is 0 Å². The van der Waals surface area contributed by atoms with Crippen LogP contribution in [0.15, 0.2) is 70.5 Å². The van der Waals surface area contributed by atoms with Crippen LogP contribution in [0.3, 0.4) is 0 Å². The van der Waals surface area contributed by atoms with Gasteiger partial charge in [-0.2, -0.15) is 0 Å². The molecule has 1 fully saturated rings. The van der Waals surface area contributed by atoms with Gasteiger partial charge >= 0.3 is 0 Å². The van der Waals surface area contributed by atoms with E-state index in [1.165, 1.54) is 11.1 Å². The van der Waals surface area contributed by atoms with Crippen LogP contribution in [0.25, 0.3) is 0 Å². The van der Waals surface area contributed by atoms with Gasteiger partial charge in [0, 0.05) is 49.4 Å². The number of benzene rings is 2. The summed E-state index contributed by atoms with van der Waals surface area (Å²) >= 11 is 0. The van der Waals surface area contributed by atoms with Crippen LogP contribution in [0, 0.1) is 5.92 Å². The minimum absolute atomic E-state index is 0.0154. The molecule has 10 heteroatoms. The number of Topliss-reactive ketones (excluding diaryl/α,β-unsaturated/α-hetero) is 1. The van der Waals surface area contributed by atoms with Gasteiger partial charge in [-0.1, -0.05) is 43.7 Å². The van der Waals surface area contributed by atoms with Gasteiger partial charge in [0.15, 0.2) is 18.2 Å². The second-order valence-electron chi connectivity index (χ2n) is 13.4. The van der Waals surface area contributed by atoms with Gasteiger partial charge in [0.25, 0.3) is 0 Å². The summed E-state index contributed by atoms with van der Waals surface area (Å²) in [6.45, 7) is 2.95. The molecule has 1 saturated carbocycles. The number of phenolic OH excluding ortho intramolecular Hbond substituents is 1. The highest BCUT2D eigenvalue weighted by molar-refractivity contribution is 5.90. The lowest BCUT2D eigenvalue weighted by molar-refractivity contribution is -0.121. The number of aromatic hydroxyl groups is 1. The number of carbonyl (C=O) groups excluding carboxylic acids is 1. The molecule has 254 valence electrons. The second-order valence-corrected chi connectivity index (χ2v) is 13.4. The van der Waals surface area contributed by atoms with Crippen LogP contribution >= 0.6 is 0 Å². The van der Waals surface area contributed by atoms with Crippen molar-refractivity contribution >= 4 is 12.0 Å². The number of aliphatic hydroxyl groups excluding tert-OH is 3. The molecule has 2 aromatic rings. The average molecular weight is 647 g/mol. The Morgan fingerprint density at radius 1 is 1.17 bits per heavy atom. The van der Waals surface area contributed by atoms with Gasteiger partial charge < -0.3 is 41.5 Å². The maximum absolute atomic E-state index is 12.5. The van der Waals surface area contributed by atoms with E-state index in [2.05, 4.69) is 12.1 Å². The molecule has 0 saturated heterocycles. The van der Waals surface area contributed by atoms with Crippen LogP contribution in [0.5, 0.6) is 11.5 Å². The van der Waals surface area contributed by atoms with E-state index in [4.69, 9.17) is 21.2 Å². The Morgan fingerprint density at radius 3 is 2.77 bits per heavy atom. The number of hydrogen-bond donors (Lipinski definition) is 6. The fourth-order valence-electron chi connectivity index (χ4n) is 7.38. The molecule has 3 aliphatic rings. The third-order valence-corrected chi connectivity index (χ3v) is 9.86. The Hall–Kier alpha value is -3.54. The summed E-state index contributed by atoms with van der Waals surface area (Å²) in [5.74, 6) is 0.680. The number of fused-ring (bicyclic) bond motifs is 1. The Morgan fingerprint density at radius 2 is 2.00 bits per heavy atom. The Kier molecular flexibility index (Phi) is 11.5. The lowest BCUT2D eigenvalue weighted by Gasteiger charge is -2.33. The number of aryl methyl sites for hydroxylation is 1. The maximum atomic E-state index is 12.5. The third kappa shape index (κ3) is 8.31. The minimum atomic E-state index is -0.850. The summed E-state index contributed by atoms with van der Waals surface area (Å²) in [4.78, 5) is 19.3. The van der Waals surface area contributed by atoms with Crippen molar-refractivity contribution in [1.82, 2.24) is 4.90 Å². The average Bonchev–Trinajstić information content (AvgIpc) is 3.75. The Bertz CT molecular complexity index is 1500. The number of nitrogens with two attached hydrogens (primary N) is 2. The lowest BCUT2D eigenvalue weighted by atomic mass is 9.70. The molecule has 10 nitrogen and oxygen atoms in total. The number of nitrogens with zero attached hydrogens (tertiary/aromatic N) is 2. The van der Waals surface area contributed by atoms with Crippen LogP contribution in [0.1, 0.15) is 87.6 Å². The molecule has 0 amide bonds. The molecule has 4 atom stereocenters. The summed E-state index contributed by atoms with van der Waals surface area (Å²) in [5.41, 5.74) is 18.0. The molecule has 2 heterocycles. The first-order chi connectivity index (χ1) is 22.6. The Labute approximate surface area is 277 Å². The molecule has 2 aromatic carbocycles. The van der Waals surface area contributed by atoms with E-state index in [1.807, 2.05) is 36.4 Å². The van der Waals surface area contributed by atoms with Gasteiger partial charge in [0.2, 0.25) is 0 Å². The minimum Gasteiger partial charge on any atom is -0.504 e. The van der Waals surface area contributed by atoms with Crippen molar-refractivity contribution in [2.24, 2.45) is 22.4 Å². The summed E-state index contributed by atoms with van der Waals surface area (Å²) < 4.78 is 6.07. The number of hydrogen-bond acceptors (Lipinski definition) is 10. The normalized spacial score (nSPS) is 21.8. The largest absolute Gasteiger partial charge is 0.504 e. The molecular weight excluding hydrogens is 596 g/mol. The van der Waals surface area contributed by atoms with E-state index in [-0.39, 0.29) is 49.5 Å². The van der Waals surface area contributed by atoms with Crippen molar-refractivity contribution in [2.75, 3.05) is 19.9 Å². The summed E-state index contributed by atoms with van der Waals surface area (Å²) in [6, 6.07) is 13.3. The van der Waals surface area contributed by atoms with Crippen LogP contribution < -0.4 is 16.2 Å². The highest BCUT2D eigenvalue weighted by Crippen LogP contribution is 2.53. The number of phenols is 1. The van der Waals surface area contributed by atoms with E-state index in [0.717, 1.165) is 54.5 Å². The highest BCUT2D eigenvalue weighted by Gasteiger charge is 2.46. The van der Waals surface area contributed by atoms with Gasteiger partial charge in [0.05, 0.1) is 24.1 Å². The van der Waals surface area contributed by atoms with E-state index in [9.17, 15) is 25.2 Å². The standard InChI is InChI=1S/C37H50N4O6/c1-2-4-28(43)17-30(45)18-29(44)9-7-24-8-10-34(46)35(15-24)47-23-41-21-31-32(20-40-33(31)22-41)37(13-11-25(19-37)12-14-42)27-6-3-5-26(16-27)36(38)39/h3,5-6,8,10,15-16,20,22,25,28,30,36,42-43,45-46H,2,4,7,9,11-14,17-19,21,23,38-39H2,1H3/t25-,28+,30-,37-/m1/s1. The fraction of sp³-hybridized carbons (Fsp3) is 0.514. The first-order valence-corrected chi connectivity index (χ1v) is 16.9. The zero-order chi connectivity index (χ0) is 33.6. The van der Waals surface area contributed by atoms with Crippen molar-refractivity contribution in [3.63, 3.8) is 0 Å². The van der Waals surface area contributed by atoms with Crippen molar-refractivity contribution in [2.45, 2.75) is 94.9 Å². The summed E-state index contributed by atoms with van der Waals surface area (Å²) in [6.07, 6.45) is 7.96. The van der Waals surface area contributed by atoms with Gasteiger partial charge in [-0.25, -0.2) is 0 Å². The molecule has 8 N–H and O–H groups in total. The first kappa shape index (κ1) is 34.8. The topological polar surface area (TPSA) is 175 Å². The molecule has 1 aliphatic carbocycles. The van der Waals surface area contributed by atoms with Gasteiger partial charge in [-0.05, 0) is 85.3 Å². The number of aliphatic imine (C=N–C) groups is 1. The first-order valence-electron chi connectivity index (χ1n) is 16.9. The lowest BCUT2D eigenvalue weighted by Crippen LogP contribution is -2.30. The molecule has 0 radical (unpaired) electrons. The van der Waals surface area contributed by atoms with Crippen molar-refractivity contribution in [1.29, 1.82) is 0 Å². The zero-order valence-corrected chi connectivity index (χ0v) is 27.4. The van der Waals surface area contributed by atoms with Gasteiger partial charge in [0.1, 0.15) is 5.78 Å². The zero-order valence-electron chi connectivity index (χ0n) is 27.4. The van der Waals surface area contributed by atoms with Gasteiger partial charge in [-0.3, -0.25) is 9.79 Å². The van der Waals surface area contributed by atoms with Crippen LogP contribution in [0.4, 0.5) is 0 Å². The highest BCUT2D eigenvalue weighted by atomic mass is 16.5. The van der Waals surface area contributed by atoms with Crippen molar-refractivity contribution in [3.8, 4) is 11.5 Å². The van der Waals surface area contributed by atoms with E-state index in [0.29, 0.717) is 31.1 Å². The number of rotatable bonds is 17. The molecule has 5 rings (SSSR count). The molecule has 0 spiro atoms. The molecule has 47 heavy (non-hydrogen) atoms. The van der Waals surface area contributed by atoms with Crippen molar-refractivity contribution < 1.29 is 30.0 Å². The number of aliphatic hydroxyl groups is 3. The molecule has 2 aliphatic heterocycles. The summed E-state index contributed by atoms with van der Waals surface area (Å²) in [7, 11) is 0. The number of ether oxygens (including phenoxy) is 1. The second kappa shape index (κ2) is 15.6. The SMILES string of the molecule is CCC[C@H](O)C[C@@H](O)CC(=O)CCc1ccc(O)c(OCN2C=C3N=CC([C@]4(c5cccc(C(N)N)c5)CC[C@H](CCO)C4)=C3C2)c1. The summed E-state index contributed by atoms with van der Waals surface area (Å²) in [5, 5.41) is 40.3. The van der Waals surface area contributed by atoms with Crippen LogP contribution in [-0.4, -0.2) is 69.4 Å².